The summed E-state index contributed by atoms with van der Waals surface area (Å²) >= 11 is 0. The van der Waals surface area contributed by atoms with Crippen molar-refractivity contribution in [1.82, 2.24) is 4.90 Å². The van der Waals surface area contributed by atoms with Crippen LogP contribution in [0.2, 0.25) is 0 Å². The van der Waals surface area contributed by atoms with E-state index in [4.69, 9.17) is 5.73 Å². The molecule has 0 unspecified atom stereocenters. The van der Waals surface area contributed by atoms with Gasteiger partial charge >= 0.3 is 12.1 Å². The minimum absolute atomic E-state index is 0.116. The van der Waals surface area contributed by atoms with Crippen molar-refractivity contribution in [1.29, 1.82) is 0 Å². The zero-order valence-electron chi connectivity index (χ0n) is 19.9. The molecule has 3 aromatic rings. The van der Waals surface area contributed by atoms with E-state index in [0.29, 0.717) is 18.8 Å². The smallest absolute Gasteiger partial charge is 0.333 e. The van der Waals surface area contributed by atoms with Crippen LogP contribution in [0.5, 0.6) is 0 Å². The molecule has 0 aliphatic heterocycles. The van der Waals surface area contributed by atoms with Gasteiger partial charge in [0.15, 0.2) is 0 Å². The largest absolute Gasteiger partial charge is 0.351 e. The number of rotatable bonds is 7. The summed E-state index contributed by atoms with van der Waals surface area (Å²) in [6.45, 7) is 8.94. The number of anilines is 1. The molecule has 0 bridgehead atoms. The zero-order chi connectivity index (χ0) is 24.0. The maximum atomic E-state index is 14.0. The van der Waals surface area contributed by atoms with E-state index in [-0.39, 0.29) is 11.8 Å². The number of benzene rings is 3. The number of amides is 4. The van der Waals surface area contributed by atoms with Crippen molar-refractivity contribution in [2.45, 2.75) is 52.6 Å². The summed E-state index contributed by atoms with van der Waals surface area (Å²) in [5.74, 6) is 0.232. The number of carbonyl (C=O) groups excluding carboxylic acids is 2. The molecule has 0 saturated carbocycles. The molecule has 33 heavy (non-hydrogen) atoms. The van der Waals surface area contributed by atoms with Crippen LogP contribution in [-0.4, -0.2) is 17.0 Å². The highest BCUT2D eigenvalue weighted by Gasteiger charge is 2.31. The highest BCUT2D eigenvalue weighted by molar-refractivity contribution is 6.14. The molecule has 0 aliphatic carbocycles. The maximum absolute atomic E-state index is 14.0. The van der Waals surface area contributed by atoms with Gasteiger partial charge in [-0.05, 0) is 34.1 Å². The SMILES string of the molecule is CC(C)c1cccc(C(C)C)c1N(C(N)=O)C(=O)N(Cc1ccccc1)Cc1ccccc1. The summed E-state index contributed by atoms with van der Waals surface area (Å²) in [6.07, 6.45) is 0. The molecule has 0 fully saturated rings. The molecule has 0 aromatic heterocycles. The molecule has 0 spiro atoms. The van der Waals surface area contributed by atoms with Crippen LogP contribution in [-0.2, 0) is 13.1 Å². The van der Waals surface area contributed by atoms with Crippen molar-refractivity contribution < 1.29 is 9.59 Å². The topological polar surface area (TPSA) is 66.6 Å². The van der Waals surface area contributed by atoms with Crippen LogP contribution in [0.25, 0.3) is 0 Å². The van der Waals surface area contributed by atoms with E-state index in [1.807, 2.05) is 78.9 Å². The van der Waals surface area contributed by atoms with Gasteiger partial charge in [0, 0.05) is 13.1 Å². The van der Waals surface area contributed by atoms with Crippen LogP contribution in [0.1, 0.15) is 61.8 Å². The van der Waals surface area contributed by atoms with Crippen LogP contribution < -0.4 is 10.6 Å². The summed E-state index contributed by atoms with van der Waals surface area (Å²) in [4.78, 5) is 29.6. The van der Waals surface area contributed by atoms with Gasteiger partial charge in [-0.1, -0.05) is 107 Å². The molecular weight excluding hydrogens is 410 g/mol. The fourth-order valence-electron chi connectivity index (χ4n) is 4.01. The molecule has 5 heteroatoms. The molecule has 4 amide bonds. The standard InChI is InChI=1S/C28H33N3O2/c1-20(2)24-16-11-17-25(21(3)4)26(24)31(27(29)32)28(33)30(18-22-12-7-5-8-13-22)19-23-14-9-6-10-15-23/h5-17,20-21H,18-19H2,1-4H3,(H2,29,32). The molecule has 0 aliphatic rings. The molecule has 172 valence electrons. The second kappa shape index (κ2) is 10.8. The lowest BCUT2D eigenvalue weighted by Gasteiger charge is -2.32. The molecule has 3 rings (SSSR count). The predicted molar refractivity (Wildman–Crippen MR) is 134 cm³/mol. The molecular formula is C28H33N3O2. The van der Waals surface area contributed by atoms with Crippen LogP contribution in [0.15, 0.2) is 78.9 Å². The number of imide groups is 1. The average Bonchev–Trinajstić information content (AvgIpc) is 2.79. The maximum Gasteiger partial charge on any atom is 0.333 e. The van der Waals surface area contributed by atoms with Gasteiger partial charge in [0.25, 0.3) is 0 Å². The summed E-state index contributed by atoms with van der Waals surface area (Å²) in [7, 11) is 0. The van der Waals surface area contributed by atoms with E-state index in [1.165, 1.54) is 0 Å². The first kappa shape index (κ1) is 24.1. The van der Waals surface area contributed by atoms with Gasteiger partial charge in [-0.3, -0.25) is 0 Å². The Kier molecular flexibility index (Phi) is 7.88. The molecule has 0 saturated heterocycles. The van der Waals surface area contributed by atoms with Crippen LogP contribution >= 0.6 is 0 Å². The normalized spacial score (nSPS) is 11.0. The second-order valence-corrected chi connectivity index (χ2v) is 8.88. The van der Waals surface area contributed by atoms with Gasteiger partial charge in [0.1, 0.15) is 0 Å². The summed E-state index contributed by atoms with van der Waals surface area (Å²) < 4.78 is 0. The second-order valence-electron chi connectivity index (χ2n) is 8.88. The lowest BCUT2D eigenvalue weighted by molar-refractivity contribution is 0.198. The first-order chi connectivity index (χ1) is 15.8. The van der Waals surface area contributed by atoms with Gasteiger partial charge in [-0.25, -0.2) is 14.5 Å². The number of urea groups is 2. The number of nitrogens with zero attached hydrogens (tertiary/aromatic N) is 2. The molecule has 5 nitrogen and oxygen atoms in total. The third-order valence-corrected chi connectivity index (χ3v) is 5.68. The highest BCUT2D eigenvalue weighted by Crippen LogP contribution is 2.36. The molecule has 0 atom stereocenters. The van der Waals surface area contributed by atoms with E-state index >= 15 is 0 Å². The van der Waals surface area contributed by atoms with Crippen molar-refractivity contribution in [2.75, 3.05) is 4.90 Å². The van der Waals surface area contributed by atoms with E-state index in [1.54, 1.807) is 4.90 Å². The Morgan fingerprint density at radius 1 is 0.697 bits per heavy atom. The Morgan fingerprint density at radius 2 is 1.12 bits per heavy atom. The fraction of sp³-hybridized carbons (Fsp3) is 0.286. The van der Waals surface area contributed by atoms with E-state index < -0.39 is 12.1 Å². The lowest BCUT2D eigenvalue weighted by Crippen LogP contribution is -2.49. The molecule has 0 radical (unpaired) electrons. The Labute approximate surface area is 196 Å². The average molecular weight is 444 g/mol. The Morgan fingerprint density at radius 3 is 1.48 bits per heavy atom. The monoisotopic (exact) mass is 443 g/mol. The van der Waals surface area contributed by atoms with Crippen molar-refractivity contribution in [3.63, 3.8) is 0 Å². The van der Waals surface area contributed by atoms with Gasteiger partial charge < -0.3 is 10.6 Å². The number of nitrogens with two attached hydrogens (primary N) is 1. The predicted octanol–water partition coefficient (Wildman–Crippen LogP) is 6.64. The van der Waals surface area contributed by atoms with Crippen molar-refractivity contribution in [3.05, 3.63) is 101 Å². The number of primary amides is 1. The van der Waals surface area contributed by atoms with Crippen molar-refractivity contribution >= 4 is 17.7 Å². The van der Waals surface area contributed by atoms with Gasteiger partial charge in [-0.2, -0.15) is 0 Å². The first-order valence-corrected chi connectivity index (χ1v) is 11.4. The van der Waals surface area contributed by atoms with Crippen molar-refractivity contribution in [3.8, 4) is 0 Å². The number of carbonyl (C=O) groups is 2. The number of hydrogen-bond donors (Lipinski definition) is 1. The zero-order valence-corrected chi connectivity index (χ0v) is 19.9. The lowest BCUT2D eigenvalue weighted by atomic mass is 9.92. The quantitative estimate of drug-likeness (QED) is 0.445. The van der Waals surface area contributed by atoms with E-state index in [9.17, 15) is 9.59 Å². The molecule has 3 aromatic carbocycles. The van der Waals surface area contributed by atoms with E-state index in [2.05, 4.69) is 27.7 Å². The molecule has 2 N–H and O–H groups in total. The summed E-state index contributed by atoms with van der Waals surface area (Å²) in [5.41, 5.74) is 10.3. The third kappa shape index (κ3) is 5.80. The minimum Gasteiger partial charge on any atom is -0.351 e. The Bertz CT molecular complexity index is 1010. The molecule has 0 heterocycles. The van der Waals surface area contributed by atoms with Crippen LogP contribution in [0.3, 0.4) is 0 Å². The summed E-state index contributed by atoms with van der Waals surface area (Å²) in [6, 6.07) is 24.2. The van der Waals surface area contributed by atoms with Crippen LogP contribution in [0, 0.1) is 0 Å². The first-order valence-electron chi connectivity index (χ1n) is 11.4. The summed E-state index contributed by atoms with van der Waals surface area (Å²) in [5, 5.41) is 0. The van der Waals surface area contributed by atoms with E-state index in [0.717, 1.165) is 27.2 Å². The highest BCUT2D eigenvalue weighted by atomic mass is 16.2. The minimum atomic E-state index is -0.777. The van der Waals surface area contributed by atoms with Gasteiger partial charge in [-0.15, -0.1) is 0 Å². The Hall–Kier alpha value is -3.60. The van der Waals surface area contributed by atoms with Gasteiger partial charge in [0.2, 0.25) is 0 Å². The number of para-hydroxylation sites is 1. The Balaban J connectivity index is 2.10. The number of hydrogen-bond acceptors (Lipinski definition) is 2. The fourth-order valence-corrected chi connectivity index (χ4v) is 4.01. The van der Waals surface area contributed by atoms with Crippen molar-refractivity contribution in [2.24, 2.45) is 5.73 Å². The van der Waals surface area contributed by atoms with Crippen LogP contribution in [0.4, 0.5) is 15.3 Å². The van der Waals surface area contributed by atoms with Gasteiger partial charge in [0.05, 0.1) is 5.69 Å². The third-order valence-electron chi connectivity index (χ3n) is 5.68.